The molecule has 0 bridgehead atoms. The summed E-state index contributed by atoms with van der Waals surface area (Å²) in [5, 5.41) is 5.63. The minimum absolute atomic E-state index is 0. The fourth-order valence-electron chi connectivity index (χ4n) is 2.70. The van der Waals surface area contributed by atoms with Crippen molar-refractivity contribution in [2.75, 3.05) is 23.0 Å². The van der Waals surface area contributed by atoms with Crippen LogP contribution in [-0.2, 0) is 16.0 Å². The predicted molar refractivity (Wildman–Crippen MR) is 105 cm³/mol. The molecule has 0 aliphatic carbocycles. The van der Waals surface area contributed by atoms with E-state index < -0.39 is 0 Å². The molecule has 0 saturated heterocycles. The molecule has 1 heterocycles. The Morgan fingerprint density at radius 2 is 2.00 bits per heavy atom. The highest BCUT2D eigenvalue weighted by molar-refractivity contribution is 5.94. The molecule has 0 fully saturated rings. The third kappa shape index (κ3) is 5.13. The molecule has 7 heteroatoms. The highest BCUT2D eigenvalue weighted by atomic mass is 35.5. The van der Waals surface area contributed by atoms with Crippen LogP contribution in [0, 0.1) is 0 Å². The van der Waals surface area contributed by atoms with Gasteiger partial charge < -0.3 is 21.1 Å². The quantitative estimate of drug-likeness (QED) is 0.533. The number of nitrogens with one attached hydrogen (secondary N) is 2. The van der Waals surface area contributed by atoms with Gasteiger partial charge in [-0.2, -0.15) is 0 Å². The number of amides is 2. The van der Waals surface area contributed by atoms with Gasteiger partial charge in [-0.3, -0.25) is 9.59 Å². The molecule has 1 aliphatic rings. The first-order valence-electron chi connectivity index (χ1n) is 8.32. The number of nitrogen functional groups attached to an aromatic ring is 1. The van der Waals surface area contributed by atoms with Crippen LogP contribution in [0.3, 0.4) is 0 Å². The summed E-state index contributed by atoms with van der Waals surface area (Å²) in [6.45, 7) is 0.447. The Kier molecular flexibility index (Phi) is 6.86. The number of hydrogen-bond acceptors (Lipinski definition) is 4. The summed E-state index contributed by atoms with van der Waals surface area (Å²) < 4.78 is 5.71. The monoisotopic (exact) mass is 375 g/mol. The Labute approximate surface area is 158 Å². The van der Waals surface area contributed by atoms with E-state index in [0.717, 1.165) is 23.4 Å². The van der Waals surface area contributed by atoms with E-state index in [9.17, 15) is 9.59 Å². The van der Waals surface area contributed by atoms with E-state index in [1.54, 1.807) is 12.1 Å². The van der Waals surface area contributed by atoms with Gasteiger partial charge in [0.2, 0.25) is 11.8 Å². The Morgan fingerprint density at radius 3 is 2.81 bits per heavy atom. The Bertz CT molecular complexity index is 795. The molecule has 2 amide bonds. The average Bonchev–Trinajstić information content (AvgIpc) is 2.61. The van der Waals surface area contributed by atoms with Gasteiger partial charge in [-0.15, -0.1) is 12.4 Å². The smallest absolute Gasteiger partial charge is 0.224 e. The number of hydrogen-bond donors (Lipinski definition) is 3. The second-order valence-electron chi connectivity index (χ2n) is 5.95. The predicted octanol–water partition coefficient (Wildman–Crippen LogP) is 3.37. The summed E-state index contributed by atoms with van der Waals surface area (Å²) in [4.78, 5) is 23.3. The van der Waals surface area contributed by atoms with Gasteiger partial charge in [0.05, 0.1) is 18.0 Å². The standard InChI is InChI=1S/C19H21N3O3.ClH/c20-15-4-1-2-5-17(15)22-18(23)6-3-11-25-14-8-9-16-13(12-14)7-10-19(24)21-16;/h1-2,4-5,8-9,12H,3,6-7,10-11,20H2,(H,21,24)(H,22,23);1H. The zero-order valence-electron chi connectivity index (χ0n) is 14.3. The van der Waals surface area contributed by atoms with Gasteiger partial charge >= 0.3 is 0 Å². The lowest BCUT2D eigenvalue weighted by Gasteiger charge is -2.17. The molecule has 6 nitrogen and oxygen atoms in total. The van der Waals surface area contributed by atoms with Crippen molar-refractivity contribution in [2.45, 2.75) is 25.7 Å². The number of halogens is 1. The second-order valence-corrected chi connectivity index (χ2v) is 5.95. The first kappa shape index (κ1) is 19.6. The summed E-state index contributed by atoms with van der Waals surface area (Å²) >= 11 is 0. The molecule has 0 spiro atoms. The number of anilines is 3. The first-order chi connectivity index (χ1) is 12.1. The topological polar surface area (TPSA) is 93.4 Å². The fraction of sp³-hybridized carbons (Fsp3) is 0.263. The Balaban J connectivity index is 0.00000243. The summed E-state index contributed by atoms with van der Waals surface area (Å²) in [5.41, 5.74) is 8.91. The van der Waals surface area contributed by atoms with E-state index in [2.05, 4.69) is 10.6 Å². The zero-order valence-corrected chi connectivity index (χ0v) is 15.1. The van der Waals surface area contributed by atoms with Gasteiger partial charge in [-0.1, -0.05) is 12.1 Å². The van der Waals surface area contributed by atoms with Crippen LogP contribution in [0.1, 0.15) is 24.8 Å². The molecule has 0 radical (unpaired) electrons. The minimum atomic E-state index is -0.0883. The molecule has 2 aromatic rings. The van der Waals surface area contributed by atoms with E-state index in [1.807, 2.05) is 30.3 Å². The summed E-state index contributed by atoms with van der Waals surface area (Å²) in [6, 6.07) is 12.8. The molecule has 2 aromatic carbocycles. The van der Waals surface area contributed by atoms with Crippen LogP contribution < -0.4 is 21.1 Å². The summed E-state index contributed by atoms with van der Waals surface area (Å²) in [6.07, 6.45) is 2.18. The van der Waals surface area contributed by atoms with E-state index in [0.29, 0.717) is 37.2 Å². The van der Waals surface area contributed by atoms with Gasteiger partial charge in [0, 0.05) is 18.5 Å². The van der Waals surface area contributed by atoms with Crippen LogP contribution in [0.15, 0.2) is 42.5 Å². The largest absolute Gasteiger partial charge is 0.494 e. The van der Waals surface area contributed by atoms with E-state index >= 15 is 0 Å². The maximum Gasteiger partial charge on any atom is 0.224 e. The summed E-state index contributed by atoms with van der Waals surface area (Å²) in [7, 11) is 0. The van der Waals surface area contributed by atoms with Crippen molar-refractivity contribution < 1.29 is 14.3 Å². The maximum atomic E-state index is 11.9. The van der Waals surface area contributed by atoms with Crippen LogP contribution in [0.2, 0.25) is 0 Å². The van der Waals surface area contributed by atoms with Gasteiger partial charge in [0.25, 0.3) is 0 Å². The molecular formula is C19H22ClN3O3. The van der Waals surface area contributed by atoms with E-state index in [4.69, 9.17) is 10.5 Å². The van der Waals surface area contributed by atoms with Crippen molar-refractivity contribution in [3.63, 3.8) is 0 Å². The van der Waals surface area contributed by atoms with Crippen LogP contribution in [0.25, 0.3) is 0 Å². The van der Waals surface area contributed by atoms with Crippen molar-refractivity contribution in [3.05, 3.63) is 48.0 Å². The molecule has 4 N–H and O–H groups in total. The molecule has 0 aromatic heterocycles. The number of rotatable bonds is 6. The molecular weight excluding hydrogens is 354 g/mol. The maximum absolute atomic E-state index is 11.9. The van der Waals surface area contributed by atoms with Crippen molar-refractivity contribution in [1.29, 1.82) is 0 Å². The van der Waals surface area contributed by atoms with Crippen LogP contribution in [-0.4, -0.2) is 18.4 Å². The van der Waals surface area contributed by atoms with Crippen LogP contribution in [0.4, 0.5) is 17.1 Å². The molecule has 0 saturated carbocycles. The molecule has 3 rings (SSSR count). The van der Waals surface area contributed by atoms with Crippen LogP contribution >= 0.6 is 12.4 Å². The number of ether oxygens (including phenoxy) is 1. The van der Waals surface area contributed by atoms with Crippen molar-refractivity contribution in [1.82, 2.24) is 0 Å². The lowest BCUT2D eigenvalue weighted by atomic mass is 10.0. The number of nitrogens with two attached hydrogens (primary N) is 1. The molecule has 0 unspecified atom stereocenters. The third-order valence-electron chi connectivity index (χ3n) is 4.02. The lowest BCUT2D eigenvalue weighted by Crippen LogP contribution is -2.18. The first-order valence-corrected chi connectivity index (χ1v) is 8.32. The number of aryl methyl sites for hydroxylation is 1. The van der Waals surface area contributed by atoms with E-state index in [1.165, 1.54) is 0 Å². The van der Waals surface area contributed by atoms with Gasteiger partial charge in [-0.25, -0.2) is 0 Å². The zero-order chi connectivity index (χ0) is 17.6. The molecule has 1 aliphatic heterocycles. The van der Waals surface area contributed by atoms with E-state index in [-0.39, 0.29) is 24.2 Å². The molecule has 0 atom stereocenters. The number of carbonyl (C=O) groups excluding carboxylic acids is 2. The number of carbonyl (C=O) groups is 2. The highest BCUT2D eigenvalue weighted by Crippen LogP contribution is 2.26. The average molecular weight is 376 g/mol. The van der Waals surface area contributed by atoms with Crippen molar-refractivity contribution in [3.8, 4) is 5.75 Å². The Morgan fingerprint density at radius 1 is 1.19 bits per heavy atom. The van der Waals surface area contributed by atoms with Gasteiger partial charge in [0.1, 0.15) is 5.75 Å². The number of fused-ring (bicyclic) bond motifs is 1. The summed E-state index contributed by atoms with van der Waals surface area (Å²) in [5.74, 6) is 0.712. The fourth-order valence-corrected chi connectivity index (χ4v) is 2.70. The van der Waals surface area contributed by atoms with Gasteiger partial charge in [0.15, 0.2) is 0 Å². The highest BCUT2D eigenvalue weighted by Gasteiger charge is 2.15. The Hall–Kier alpha value is -2.73. The molecule has 138 valence electrons. The second kappa shape index (κ2) is 9.10. The minimum Gasteiger partial charge on any atom is -0.494 e. The van der Waals surface area contributed by atoms with Crippen molar-refractivity contribution in [2.24, 2.45) is 0 Å². The number of benzene rings is 2. The van der Waals surface area contributed by atoms with Crippen LogP contribution in [0.5, 0.6) is 5.75 Å². The normalized spacial score (nSPS) is 12.4. The third-order valence-corrected chi connectivity index (χ3v) is 4.02. The lowest BCUT2D eigenvalue weighted by molar-refractivity contribution is -0.117. The number of para-hydroxylation sites is 2. The van der Waals surface area contributed by atoms with Crippen molar-refractivity contribution >= 4 is 41.3 Å². The van der Waals surface area contributed by atoms with Gasteiger partial charge in [-0.05, 0) is 48.7 Å². The SMILES string of the molecule is Cl.Nc1ccccc1NC(=O)CCCOc1ccc2c(c1)CCC(=O)N2. The molecule has 26 heavy (non-hydrogen) atoms.